The van der Waals surface area contributed by atoms with Gasteiger partial charge in [-0.2, -0.15) is 0 Å². The second-order valence-corrected chi connectivity index (χ2v) is 6.14. The standard InChI is InChI=1S/C19H19NO/c1-14-6-8-16(9-7-14)19-17-5-3-2-4-15(17)10-12-20(19)13-11-18(19)21/h2-9H,10-13H2,1H3. The van der Waals surface area contributed by atoms with E-state index in [-0.39, 0.29) is 0 Å². The van der Waals surface area contributed by atoms with Gasteiger partial charge in [-0.05, 0) is 30.0 Å². The van der Waals surface area contributed by atoms with Gasteiger partial charge in [0.2, 0.25) is 0 Å². The van der Waals surface area contributed by atoms with Crippen LogP contribution in [0, 0.1) is 6.92 Å². The van der Waals surface area contributed by atoms with Crippen molar-refractivity contribution in [1.82, 2.24) is 4.90 Å². The number of carbonyl (C=O) groups excluding carboxylic acids is 1. The molecular weight excluding hydrogens is 258 g/mol. The number of ketones is 1. The fraction of sp³-hybridized carbons (Fsp3) is 0.316. The topological polar surface area (TPSA) is 20.3 Å². The van der Waals surface area contributed by atoms with Gasteiger partial charge < -0.3 is 0 Å². The molecule has 2 nitrogen and oxygen atoms in total. The van der Waals surface area contributed by atoms with Crippen LogP contribution in [-0.4, -0.2) is 23.8 Å². The molecule has 0 radical (unpaired) electrons. The summed E-state index contributed by atoms with van der Waals surface area (Å²) >= 11 is 0. The molecule has 0 N–H and O–H groups in total. The molecule has 2 aromatic carbocycles. The lowest BCUT2D eigenvalue weighted by Crippen LogP contribution is -2.50. The summed E-state index contributed by atoms with van der Waals surface area (Å²) in [4.78, 5) is 15.3. The zero-order valence-electron chi connectivity index (χ0n) is 12.3. The highest BCUT2D eigenvalue weighted by atomic mass is 16.1. The first kappa shape index (κ1) is 12.8. The average Bonchev–Trinajstić information content (AvgIpc) is 2.86. The first-order chi connectivity index (χ1) is 10.2. The maximum absolute atomic E-state index is 12.9. The fourth-order valence-corrected chi connectivity index (χ4v) is 4.00. The first-order valence-corrected chi connectivity index (χ1v) is 7.67. The normalized spacial score (nSPS) is 24.7. The van der Waals surface area contributed by atoms with Crippen molar-refractivity contribution >= 4 is 5.78 Å². The van der Waals surface area contributed by atoms with E-state index in [0.29, 0.717) is 12.2 Å². The number of fused-ring (bicyclic) bond motifs is 3. The monoisotopic (exact) mass is 277 g/mol. The summed E-state index contributed by atoms with van der Waals surface area (Å²) in [6, 6.07) is 17.0. The van der Waals surface area contributed by atoms with Crippen LogP contribution in [0.2, 0.25) is 0 Å². The number of hydrogen-bond donors (Lipinski definition) is 0. The Morgan fingerprint density at radius 2 is 1.67 bits per heavy atom. The number of carbonyl (C=O) groups is 1. The molecule has 2 aromatic rings. The molecule has 2 heterocycles. The largest absolute Gasteiger partial charge is 0.297 e. The highest BCUT2D eigenvalue weighted by Gasteiger charge is 2.53. The van der Waals surface area contributed by atoms with Crippen molar-refractivity contribution in [2.75, 3.05) is 13.1 Å². The Morgan fingerprint density at radius 1 is 0.952 bits per heavy atom. The Morgan fingerprint density at radius 3 is 2.48 bits per heavy atom. The van der Waals surface area contributed by atoms with Gasteiger partial charge >= 0.3 is 0 Å². The summed E-state index contributed by atoms with van der Waals surface area (Å²) in [5.74, 6) is 0.346. The van der Waals surface area contributed by atoms with E-state index in [9.17, 15) is 4.79 Å². The van der Waals surface area contributed by atoms with Crippen molar-refractivity contribution < 1.29 is 4.79 Å². The van der Waals surface area contributed by atoms with Gasteiger partial charge in [-0.3, -0.25) is 9.69 Å². The third-order valence-corrected chi connectivity index (χ3v) is 5.01. The van der Waals surface area contributed by atoms with Crippen molar-refractivity contribution in [2.45, 2.75) is 25.3 Å². The Bertz CT molecular complexity index is 704. The van der Waals surface area contributed by atoms with Crippen molar-refractivity contribution in [3.63, 3.8) is 0 Å². The molecule has 21 heavy (non-hydrogen) atoms. The van der Waals surface area contributed by atoms with Crippen LogP contribution in [-0.2, 0) is 16.8 Å². The lowest BCUT2D eigenvalue weighted by molar-refractivity contribution is -0.124. The third-order valence-electron chi connectivity index (χ3n) is 5.01. The Hall–Kier alpha value is -1.93. The minimum absolute atomic E-state index is 0.346. The molecule has 2 heteroatoms. The van der Waals surface area contributed by atoms with Crippen LogP contribution in [0.3, 0.4) is 0 Å². The van der Waals surface area contributed by atoms with Crippen molar-refractivity contribution in [1.29, 1.82) is 0 Å². The maximum Gasteiger partial charge on any atom is 0.163 e. The van der Waals surface area contributed by atoms with Gasteiger partial charge in [0.15, 0.2) is 5.78 Å². The molecule has 106 valence electrons. The van der Waals surface area contributed by atoms with Crippen LogP contribution in [0.5, 0.6) is 0 Å². The van der Waals surface area contributed by atoms with E-state index in [1.54, 1.807) is 0 Å². The molecule has 1 atom stereocenters. The molecule has 0 aliphatic carbocycles. The van der Waals surface area contributed by atoms with E-state index >= 15 is 0 Å². The van der Waals surface area contributed by atoms with Crippen LogP contribution < -0.4 is 0 Å². The summed E-state index contributed by atoms with van der Waals surface area (Å²) in [6.07, 6.45) is 1.69. The minimum atomic E-state index is -0.539. The van der Waals surface area contributed by atoms with Gasteiger partial charge in [-0.1, -0.05) is 54.1 Å². The van der Waals surface area contributed by atoms with Gasteiger partial charge in [-0.25, -0.2) is 0 Å². The SMILES string of the molecule is Cc1ccc(C23C(=O)CCN2CCc2ccccc23)cc1. The molecule has 4 rings (SSSR count). The lowest BCUT2D eigenvalue weighted by atomic mass is 9.75. The average molecular weight is 277 g/mol. The summed E-state index contributed by atoms with van der Waals surface area (Å²) in [7, 11) is 0. The van der Waals surface area contributed by atoms with Crippen LogP contribution >= 0.6 is 0 Å². The fourth-order valence-electron chi connectivity index (χ4n) is 4.00. The Kier molecular flexibility index (Phi) is 2.76. The highest BCUT2D eigenvalue weighted by Crippen LogP contribution is 2.46. The molecule has 2 aliphatic heterocycles. The van der Waals surface area contributed by atoms with E-state index in [1.165, 1.54) is 16.7 Å². The zero-order valence-corrected chi connectivity index (χ0v) is 12.3. The molecule has 2 aliphatic rings. The maximum atomic E-state index is 12.9. The van der Waals surface area contributed by atoms with Gasteiger partial charge in [0.1, 0.15) is 5.54 Å². The van der Waals surface area contributed by atoms with E-state index < -0.39 is 5.54 Å². The molecule has 0 bridgehead atoms. The Labute approximate surface area is 125 Å². The molecule has 1 saturated heterocycles. The van der Waals surface area contributed by atoms with E-state index in [1.807, 2.05) is 0 Å². The van der Waals surface area contributed by atoms with Crippen LogP contribution in [0.1, 0.15) is 28.7 Å². The molecular formula is C19H19NO. The third kappa shape index (κ3) is 1.66. The number of rotatable bonds is 1. The molecule has 1 unspecified atom stereocenters. The molecule has 0 aromatic heterocycles. The predicted molar refractivity (Wildman–Crippen MR) is 83.3 cm³/mol. The van der Waals surface area contributed by atoms with Crippen molar-refractivity contribution in [3.05, 3.63) is 70.8 Å². The van der Waals surface area contributed by atoms with Crippen LogP contribution in [0.25, 0.3) is 0 Å². The lowest BCUT2D eigenvalue weighted by Gasteiger charge is -2.43. The number of Topliss-reactive ketones (excluding diaryl/α,β-unsaturated/α-hetero) is 1. The molecule has 1 fully saturated rings. The second-order valence-electron chi connectivity index (χ2n) is 6.14. The Balaban J connectivity index is 2.01. The van der Waals surface area contributed by atoms with Crippen LogP contribution in [0.15, 0.2) is 48.5 Å². The van der Waals surface area contributed by atoms with Gasteiger partial charge in [0.25, 0.3) is 0 Å². The summed E-state index contributed by atoms with van der Waals surface area (Å²) < 4.78 is 0. The first-order valence-electron chi connectivity index (χ1n) is 7.67. The zero-order chi connectivity index (χ0) is 14.4. The quantitative estimate of drug-likeness (QED) is 0.798. The predicted octanol–water partition coefficient (Wildman–Crippen LogP) is 3.07. The minimum Gasteiger partial charge on any atom is -0.297 e. The number of aryl methyl sites for hydroxylation is 1. The molecule has 0 spiro atoms. The van der Waals surface area contributed by atoms with E-state index in [2.05, 4.69) is 60.4 Å². The second kappa shape index (κ2) is 4.54. The molecule has 0 saturated carbocycles. The van der Waals surface area contributed by atoms with Crippen LogP contribution in [0.4, 0.5) is 0 Å². The number of nitrogens with zero attached hydrogens (tertiary/aromatic N) is 1. The number of hydrogen-bond acceptors (Lipinski definition) is 2. The summed E-state index contributed by atoms with van der Waals surface area (Å²) in [6.45, 7) is 3.93. The highest BCUT2D eigenvalue weighted by molar-refractivity contribution is 5.96. The van der Waals surface area contributed by atoms with Gasteiger partial charge in [0, 0.05) is 19.5 Å². The van der Waals surface area contributed by atoms with E-state index in [4.69, 9.17) is 0 Å². The smallest absolute Gasteiger partial charge is 0.163 e. The van der Waals surface area contributed by atoms with Gasteiger partial charge in [0.05, 0.1) is 0 Å². The number of benzene rings is 2. The summed E-state index contributed by atoms with van der Waals surface area (Å²) in [5.41, 5.74) is 4.34. The van der Waals surface area contributed by atoms with Crippen molar-refractivity contribution in [2.24, 2.45) is 0 Å². The van der Waals surface area contributed by atoms with Crippen molar-refractivity contribution in [3.8, 4) is 0 Å². The molecule has 0 amide bonds. The summed E-state index contributed by atoms with van der Waals surface area (Å²) in [5, 5.41) is 0. The van der Waals surface area contributed by atoms with Gasteiger partial charge in [-0.15, -0.1) is 0 Å². The van der Waals surface area contributed by atoms with E-state index in [0.717, 1.165) is 25.1 Å².